The first-order valence-electron chi connectivity index (χ1n) is 10.9. The van der Waals surface area contributed by atoms with Crippen molar-refractivity contribution in [2.24, 2.45) is 23.5 Å². The maximum Gasteiger partial charge on any atom is 0.420 e. The van der Waals surface area contributed by atoms with Crippen LogP contribution in [0.5, 0.6) is 0 Å². The number of alkyl halides is 3. The number of carbonyl (C=O) groups is 1. The number of allylic oxidation sites excluding steroid dienone is 1. The van der Waals surface area contributed by atoms with Crippen LogP contribution < -0.4 is 16.1 Å². The van der Waals surface area contributed by atoms with Gasteiger partial charge in [0.25, 0.3) is 0 Å². The summed E-state index contributed by atoms with van der Waals surface area (Å²) < 4.78 is 60.0. The SMILES string of the molecule is CC1C=CC(N)C2CN(c3cc(F)c4c(=O)c(C(=O)O)cn(C5CC5)c4c3C(F)(F)F)CC12. The molecular formula is C23H23F4N3O3. The van der Waals surface area contributed by atoms with E-state index in [9.17, 15) is 27.9 Å². The number of nitrogens with two attached hydrogens (primary N) is 1. The zero-order chi connectivity index (χ0) is 23.8. The van der Waals surface area contributed by atoms with Crippen molar-refractivity contribution < 1.29 is 27.5 Å². The number of hydrogen-bond acceptors (Lipinski definition) is 4. The van der Waals surface area contributed by atoms with Gasteiger partial charge < -0.3 is 20.3 Å². The van der Waals surface area contributed by atoms with Crippen molar-refractivity contribution in [3.8, 4) is 0 Å². The molecule has 2 heterocycles. The first-order valence-corrected chi connectivity index (χ1v) is 10.9. The number of pyridine rings is 1. The molecule has 2 fully saturated rings. The van der Waals surface area contributed by atoms with E-state index in [0.29, 0.717) is 12.8 Å². The minimum absolute atomic E-state index is 0.0184. The van der Waals surface area contributed by atoms with Crippen LogP contribution in [-0.2, 0) is 6.18 Å². The first-order chi connectivity index (χ1) is 15.5. The highest BCUT2D eigenvalue weighted by atomic mass is 19.4. The minimum atomic E-state index is -4.89. The maximum absolute atomic E-state index is 15.3. The van der Waals surface area contributed by atoms with Crippen LogP contribution in [0, 0.1) is 23.6 Å². The molecule has 1 saturated heterocycles. The lowest BCUT2D eigenvalue weighted by Crippen LogP contribution is -2.38. The van der Waals surface area contributed by atoms with Gasteiger partial charge in [0, 0.05) is 37.3 Å². The average Bonchev–Trinajstić information content (AvgIpc) is 3.46. The monoisotopic (exact) mass is 465 g/mol. The zero-order valence-corrected chi connectivity index (χ0v) is 17.8. The molecule has 2 aliphatic carbocycles. The lowest BCUT2D eigenvalue weighted by Gasteiger charge is -2.30. The van der Waals surface area contributed by atoms with Gasteiger partial charge in [0.1, 0.15) is 16.9 Å². The van der Waals surface area contributed by atoms with Gasteiger partial charge in [0.15, 0.2) is 0 Å². The van der Waals surface area contributed by atoms with E-state index in [1.54, 1.807) is 0 Å². The Morgan fingerprint density at radius 2 is 1.85 bits per heavy atom. The molecule has 10 heteroatoms. The topological polar surface area (TPSA) is 88.6 Å². The molecule has 5 rings (SSSR count). The standard InChI is InChI=1S/C23H23F4N3O3/c1-10-2-5-16(28)13-8-29(7-12(10)13)17-6-15(24)18-20(19(17)23(25,26)27)30(11-3-4-11)9-14(21(18)31)22(32)33/h2,5-6,9-13,16H,3-4,7-8,28H2,1H3,(H,32,33). The van der Waals surface area contributed by atoms with Crippen LogP contribution in [0.1, 0.15) is 41.7 Å². The highest BCUT2D eigenvalue weighted by molar-refractivity contribution is 5.96. The fraction of sp³-hybridized carbons (Fsp3) is 0.478. The van der Waals surface area contributed by atoms with E-state index in [1.165, 1.54) is 4.90 Å². The summed E-state index contributed by atoms with van der Waals surface area (Å²) in [7, 11) is 0. The molecule has 4 unspecified atom stereocenters. The number of halogens is 4. The van der Waals surface area contributed by atoms with Crippen LogP contribution in [0.4, 0.5) is 23.2 Å². The number of nitrogens with zero attached hydrogens (tertiary/aromatic N) is 2. The number of carboxylic acids is 1. The highest BCUT2D eigenvalue weighted by Gasteiger charge is 2.46. The molecule has 1 saturated carbocycles. The second-order valence-corrected chi connectivity index (χ2v) is 9.34. The van der Waals surface area contributed by atoms with E-state index >= 15 is 4.39 Å². The number of carboxylic acid groups (broad SMARTS) is 1. The molecule has 2 aromatic rings. The molecule has 4 atom stereocenters. The molecule has 33 heavy (non-hydrogen) atoms. The number of benzene rings is 1. The van der Waals surface area contributed by atoms with Crippen molar-refractivity contribution in [1.29, 1.82) is 0 Å². The van der Waals surface area contributed by atoms with Crippen LogP contribution in [0.2, 0.25) is 0 Å². The van der Waals surface area contributed by atoms with Crippen molar-refractivity contribution in [3.05, 3.63) is 51.6 Å². The largest absolute Gasteiger partial charge is 0.477 e. The molecule has 176 valence electrons. The summed E-state index contributed by atoms with van der Waals surface area (Å²) in [4.78, 5) is 25.8. The van der Waals surface area contributed by atoms with E-state index in [1.807, 2.05) is 19.1 Å². The third-order valence-corrected chi connectivity index (χ3v) is 7.24. The quantitative estimate of drug-likeness (QED) is 0.532. The first kappa shape index (κ1) is 21.9. The zero-order valence-electron chi connectivity index (χ0n) is 17.8. The second kappa shape index (κ2) is 7.31. The molecule has 6 nitrogen and oxygen atoms in total. The van der Waals surface area contributed by atoms with E-state index in [4.69, 9.17) is 5.73 Å². The number of fused-ring (bicyclic) bond motifs is 2. The lowest BCUT2D eigenvalue weighted by atomic mass is 9.77. The van der Waals surface area contributed by atoms with Crippen molar-refractivity contribution in [2.75, 3.05) is 18.0 Å². The van der Waals surface area contributed by atoms with E-state index in [0.717, 1.165) is 16.8 Å². The third-order valence-electron chi connectivity index (χ3n) is 7.24. The summed E-state index contributed by atoms with van der Waals surface area (Å²) in [6, 6.07) is 0.00970. The number of hydrogen-bond donors (Lipinski definition) is 2. The predicted molar refractivity (Wildman–Crippen MR) is 114 cm³/mol. The van der Waals surface area contributed by atoms with Gasteiger partial charge in [-0.25, -0.2) is 9.18 Å². The van der Waals surface area contributed by atoms with Crippen LogP contribution in [-0.4, -0.2) is 34.8 Å². The van der Waals surface area contributed by atoms with Crippen molar-refractivity contribution in [1.82, 2.24) is 4.57 Å². The Hall–Kier alpha value is -2.88. The third kappa shape index (κ3) is 3.42. The molecular weight excluding hydrogens is 442 g/mol. The van der Waals surface area contributed by atoms with Gasteiger partial charge in [-0.1, -0.05) is 19.1 Å². The summed E-state index contributed by atoms with van der Waals surface area (Å²) in [5, 5.41) is 8.55. The molecule has 1 aromatic carbocycles. The summed E-state index contributed by atoms with van der Waals surface area (Å²) in [6.07, 6.45) is 0.889. The van der Waals surface area contributed by atoms with Gasteiger partial charge in [-0.05, 0) is 30.7 Å². The Kier molecular flexibility index (Phi) is 4.86. The van der Waals surface area contributed by atoms with Gasteiger partial charge in [-0.2, -0.15) is 13.2 Å². The van der Waals surface area contributed by atoms with Crippen molar-refractivity contribution >= 4 is 22.6 Å². The van der Waals surface area contributed by atoms with Gasteiger partial charge in [-0.3, -0.25) is 4.79 Å². The minimum Gasteiger partial charge on any atom is -0.477 e. The van der Waals surface area contributed by atoms with Gasteiger partial charge >= 0.3 is 12.1 Å². The summed E-state index contributed by atoms with van der Waals surface area (Å²) >= 11 is 0. The van der Waals surface area contributed by atoms with Crippen LogP contribution in [0.3, 0.4) is 0 Å². The summed E-state index contributed by atoms with van der Waals surface area (Å²) in [6.45, 7) is 2.49. The maximum atomic E-state index is 15.3. The number of rotatable bonds is 3. The average molecular weight is 465 g/mol. The number of aromatic carboxylic acids is 1. The molecule has 0 amide bonds. The Morgan fingerprint density at radius 1 is 1.18 bits per heavy atom. The van der Waals surface area contributed by atoms with Crippen LogP contribution in [0.15, 0.2) is 29.2 Å². The fourth-order valence-electron chi connectivity index (χ4n) is 5.42. The molecule has 3 N–H and O–H groups in total. The fourth-order valence-corrected chi connectivity index (χ4v) is 5.42. The number of aromatic nitrogens is 1. The van der Waals surface area contributed by atoms with Gasteiger partial charge in [-0.15, -0.1) is 0 Å². The lowest BCUT2D eigenvalue weighted by molar-refractivity contribution is -0.136. The second-order valence-electron chi connectivity index (χ2n) is 9.34. The molecule has 0 spiro atoms. The van der Waals surface area contributed by atoms with Crippen LogP contribution >= 0.6 is 0 Å². The summed E-state index contributed by atoms with van der Waals surface area (Å²) in [5.41, 5.74) is 2.18. The Morgan fingerprint density at radius 3 is 2.42 bits per heavy atom. The molecule has 1 aromatic heterocycles. The summed E-state index contributed by atoms with van der Waals surface area (Å²) in [5.74, 6) is -2.70. The van der Waals surface area contributed by atoms with E-state index < -0.39 is 51.5 Å². The normalized spacial score (nSPS) is 27.3. The molecule has 0 radical (unpaired) electrons. The smallest absolute Gasteiger partial charge is 0.420 e. The van der Waals surface area contributed by atoms with Gasteiger partial charge in [0.2, 0.25) is 5.43 Å². The molecule has 0 bridgehead atoms. The predicted octanol–water partition coefficient (Wildman–Crippen LogP) is 3.78. The van der Waals surface area contributed by atoms with Crippen molar-refractivity contribution in [3.63, 3.8) is 0 Å². The highest BCUT2D eigenvalue weighted by Crippen LogP contribution is 2.48. The Labute approximate surface area is 186 Å². The number of anilines is 1. The Balaban J connectivity index is 1.78. The molecule has 1 aliphatic heterocycles. The Bertz CT molecular complexity index is 1230. The molecule has 3 aliphatic rings. The van der Waals surface area contributed by atoms with Crippen LogP contribution in [0.25, 0.3) is 10.9 Å². The van der Waals surface area contributed by atoms with Gasteiger partial charge in [0.05, 0.1) is 16.6 Å². The van der Waals surface area contributed by atoms with Crippen molar-refractivity contribution in [2.45, 2.75) is 38.0 Å². The van der Waals surface area contributed by atoms with E-state index in [2.05, 4.69) is 0 Å². The van der Waals surface area contributed by atoms with E-state index in [-0.39, 0.29) is 42.6 Å².